The van der Waals surface area contributed by atoms with Crippen molar-refractivity contribution in [2.45, 2.75) is 39.3 Å². The second kappa shape index (κ2) is 5.98. The summed E-state index contributed by atoms with van der Waals surface area (Å²) in [5.74, 6) is 0.808. The third-order valence-corrected chi connectivity index (χ3v) is 2.71. The second-order valence-corrected chi connectivity index (χ2v) is 4.64. The maximum absolute atomic E-state index is 6.00. The Kier molecular flexibility index (Phi) is 4.90. The molecule has 0 aliphatic heterocycles. The topological polar surface area (TPSA) is 57.4 Å². The molecular weight excluding hydrogens is 216 g/mol. The first-order valence-corrected chi connectivity index (χ1v) is 5.85. The standard InChI is InChI=1S/C13H22N2O2/c1-5-13(3,14)9-17-8-11-7-12(16-4)6-10(2)15-11/h6-7H,5,8-9,14H2,1-4H3. The van der Waals surface area contributed by atoms with E-state index in [0.29, 0.717) is 13.2 Å². The van der Waals surface area contributed by atoms with Crippen LogP contribution in [0.3, 0.4) is 0 Å². The van der Waals surface area contributed by atoms with Crippen LogP contribution in [0.25, 0.3) is 0 Å². The summed E-state index contributed by atoms with van der Waals surface area (Å²) in [5.41, 5.74) is 7.52. The number of hydrogen-bond acceptors (Lipinski definition) is 4. The molecule has 4 nitrogen and oxygen atoms in total. The Bertz CT molecular complexity index is 364. The highest BCUT2D eigenvalue weighted by molar-refractivity contribution is 5.26. The van der Waals surface area contributed by atoms with E-state index in [1.165, 1.54) is 0 Å². The van der Waals surface area contributed by atoms with Crippen molar-refractivity contribution < 1.29 is 9.47 Å². The van der Waals surface area contributed by atoms with E-state index in [1.54, 1.807) is 7.11 Å². The van der Waals surface area contributed by atoms with Crippen molar-refractivity contribution in [1.29, 1.82) is 0 Å². The molecule has 0 saturated carbocycles. The summed E-state index contributed by atoms with van der Waals surface area (Å²) in [6.07, 6.45) is 0.886. The van der Waals surface area contributed by atoms with Gasteiger partial charge in [0.1, 0.15) is 5.75 Å². The quantitative estimate of drug-likeness (QED) is 0.824. The van der Waals surface area contributed by atoms with Crippen LogP contribution in [0, 0.1) is 6.92 Å². The summed E-state index contributed by atoms with van der Waals surface area (Å²) in [6.45, 7) is 6.96. The predicted molar refractivity (Wildman–Crippen MR) is 68.1 cm³/mol. The highest BCUT2D eigenvalue weighted by Crippen LogP contribution is 2.14. The maximum atomic E-state index is 6.00. The summed E-state index contributed by atoms with van der Waals surface area (Å²) in [5, 5.41) is 0. The summed E-state index contributed by atoms with van der Waals surface area (Å²) in [4.78, 5) is 4.38. The Morgan fingerprint density at radius 3 is 2.71 bits per heavy atom. The average molecular weight is 238 g/mol. The van der Waals surface area contributed by atoms with E-state index in [-0.39, 0.29) is 5.54 Å². The largest absolute Gasteiger partial charge is 0.497 e. The summed E-state index contributed by atoms with van der Waals surface area (Å²) >= 11 is 0. The van der Waals surface area contributed by atoms with Gasteiger partial charge in [0.25, 0.3) is 0 Å². The van der Waals surface area contributed by atoms with Gasteiger partial charge in [-0.15, -0.1) is 0 Å². The molecule has 4 heteroatoms. The van der Waals surface area contributed by atoms with Crippen LogP contribution in [0.2, 0.25) is 0 Å². The fraction of sp³-hybridized carbons (Fsp3) is 0.615. The number of rotatable bonds is 6. The monoisotopic (exact) mass is 238 g/mol. The molecule has 17 heavy (non-hydrogen) atoms. The van der Waals surface area contributed by atoms with E-state index >= 15 is 0 Å². The first kappa shape index (κ1) is 13.9. The predicted octanol–water partition coefficient (Wildman–Crippen LogP) is 2.04. The van der Waals surface area contributed by atoms with E-state index in [0.717, 1.165) is 23.6 Å². The van der Waals surface area contributed by atoms with Crippen LogP contribution in [0.1, 0.15) is 31.7 Å². The van der Waals surface area contributed by atoms with Crippen LogP contribution < -0.4 is 10.5 Å². The lowest BCUT2D eigenvalue weighted by atomic mass is 10.0. The van der Waals surface area contributed by atoms with E-state index in [4.69, 9.17) is 15.2 Å². The Balaban J connectivity index is 2.55. The number of nitrogens with zero attached hydrogens (tertiary/aromatic N) is 1. The zero-order chi connectivity index (χ0) is 12.9. The van der Waals surface area contributed by atoms with Crippen molar-refractivity contribution in [3.05, 3.63) is 23.5 Å². The summed E-state index contributed by atoms with van der Waals surface area (Å²) in [7, 11) is 1.65. The number of methoxy groups -OCH3 is 1. The minimum absolute atomic E-state index is 0.270. The summed E-state index contributed by atoms with van der Waals surface area (Å²) in [6, 6.07) is 3.77. The van der Waals surface area contributed by atoms with Crippen LogP contribution in [0.4, 0.5) is 0 Å². The van der Waals surface area contributed by atoms with Crippen molar-refractivity contribution in [3.63, 3.8) is 0 Å². The molecule has 0 fully saturated rings. The molecule has 1 unspecified atom stereocenters. The molecule has 0 aliphatic carbocycles. The van der Waals surface area contributed by atoms with Gasteiger partial charge >= 0.3 is 0 Å². The Labute approximate surface area is 103 Å². The minimum atomic E-state index is -0.270. The highest BCUT2D eigenvalue weighted by Gasteiger charge is 2.15. The molecule has 0 amide bonds. The first-order chi connectivity index (χ1) is 7.96. The van der Waals surface area contributed by atoms with Gasteiger partial charge < -0.3 is 15.2 Å². The van der Waals surface area contributed by atoms with Gasteiger partial charge in [-0.25, -0.2) is 0 Å². The van der Waals surface area contributed by atoms with Crippen LogP contribution in [0.15, 0.2) is 12.1 Å². The molecule has 1 heterocycles. The lowest BCUT2D eigenvalue weighted by Crippen LogP contribution is -2.40. The van der Waals surface area contributed by atoms with Gasteiger partial charge in [-0.3, -0.25) is 4.98 Å². The molecule has 0 spiro atoms. The van der Waals surface area contributed by atoms with Crippen molar-refractivity contribution >= 4 is 0 Å². The van der Waals surface area contributed by atoms with Gasteiger partial charge in [0, 0.05) is 23.4 Å². The van der Waals surface area contributed by atoms with Crippen LogP contribution in [0.5, 0.6) is 5.75 Å². The normalized spacial score (nSPS) is 14.4. The van der Waals surface area contributed by atoms with Gasteiger partial charge in [0.05, 0.1) is 26.0 Å². The van der Waals surface area contributed by atoms with Crippen LogP contribution in [-0.2, 0) is 11.3 Å². The highest BCUT2D eigenvalue weighted by atomic mass is 16.5. The Morgan fingerprint density at radius 1 is 1.41 bits per heavy atom. The van der Waals surface area contributed by atoms with Crippen LogP contribution in [-0.4, -0.2) is 24.2 Å². The Morgan fingerprint density at radius 2 is 2.12 bits per heavy atom. The van der Waals surface area contributed by atoms with E-state index in [2.05, 4.69) is 11.9 Å². The van der Waals surface area contributed by atoms with E-state index in [1.807, 2.05) is 26.0 Å². The molecule has 0 aromatic carbocycles. The molecule has 1 aromatic rings. The molecule has 0 radical (unpaired) electrons. The molecular formula is C13H22N2O2. The lowest BCUT2D eigenvalue weighted by Gasteiger charge is -2.22. The van der Waals surface area contributed by atoms with E-state index in [9.17, 15) is 0 Å². The van der Waals surface area contributed by atoms with E-state index < -0.39 is 0 Å². The van der Waals surface area contributed by atoms with Crippen molar-refractivity contribution in [3.8, 4) is 5.75 Å². The first-order valence-electron chi connectivity index (χ1n) is 5.85. The average Bonchev–Trinajstić information content (AvgIpc) is 2.28. The number of aryl methyl sites for hydroxylation is 1. The smallest absolute Gasteiger partial charge is 0.122 e. The number of ether oxygens (including phenoxy) is 2. The van der Waals surface area contributed by atoms with Gasteiger partial charge in [-0.2, -0.15) is 0 Å². The minimum Gasteiger partial charge on any atom is -0.497 e. The third kappa shape index (κ3) is 4.71. The molecule has 1 aromatic heterocycles. The fourth-order valence-electron chi connectivity index (χ4n) is 1.39. The zero-order valence-electron chi connectivity index (χ0n) is 11.1. The molecule has 2 N–H and O–H groups in total. The van der Waals surface area contributed by atoms with Crippen molar-refractivity contribution in [2.75, 3.05) is 13.7 Å². The second-order valence-electron chi connectivity index (χ2n) is 4.64. The molecule has 1 atom stereocenters. The maximum Gasteiger partial charge on any atom is 0.122 e. The summed E-state index contributed by atoms with van der Waals surface area (Å²) < 4.78 is 10.8. The molecule has 0 saturated heterocycles. The zero-order valence-corrected chi connectivity index (χ0v) is 11.1. The van der Waals surface area contributed by atoms with Crippen molar-refractivity contribution in [2.24, 2.45) is 5.73 Å². The molecule has 0 bridgehead atoms. The SMILES string of the molecule is CCC(C)(N)COCc1cc(OC)cc(C)n1. The number of nitrogens with two attached hydrogens (primary N) is 1. The third-order valence-electron chi connectivity index (χ3n) is 2.71. The van der Waals surface area contributed by atoms with Gasteiger partial charge in [0.2, 0.25) is 0 Å². The fourth-order valence-corrected chi connectivity index (χ4v) is 1.39. The number of hydrogen-bond donors (Lipinski definition) is 1. The molecule has 1 rings (SSSR count). The lowest BCUT2D eigenvalue weighted by molar-refractivity contribution is 0.0756. The van der Waals surface area contributed by atoms with Gasteiger partial charge in [-0.05, 0) is 20.3 Å². The molecule has 96 valence electrons. The number of pyridine rings is 1. The van der Waals surface area contributed by atoms with Gasteiger partial charge in [0.15, 0.2) is 0 Å². The number of aromatic nitrogens is 1. The van der Waals surface area contributed by atoms with Crippen LogP contribution >= 0.6 is 0 Å². The Hall–Kier alpha value is -1.13. The molecule has 0 aliphatic rings. The van der Waals surface area contributed by atoms with Gasteiger partial charge in [-0.1, -0.05) is 6.92 Å². The van der Waals surface area contributed by atoms with Crippen molar-refractivity contribution in [1.82, 2.24) is 4.98 Å².